The Morgan fingerprint density at radius 1 is 0.917 bits per heavy atom. The largest absolute Gasteiger partial charge is 0.387 e. The Kier molecular flexibility index (Phi) is 7.49. The molecule has 36 heavy (non-hydrogen) atoms. The van der Waals surface area contributed by atoms with Crippen LogP contribution < -0.4 is 0 Å². The monoisotopic (exact) mass is 512 g/mol. The molecular weight excluding hydrogens is 484 g/mol. The van der Waals surface area contributed by atoms with Crippen LogP contribution in [0.1, 0.15) is 23.0 Å². The molecule has 2 fully saturated rings. The molecule has 5 rings (SSSR count). The van der Waals surface area contributed by atoms with Crippen LogP contribution in [0.5, 0.6) is 0 Å². The molecular formula is C27H28O8S. The number of rotatable bonds is 7. The number of aliphatic hydroxyl groups excluding tert-OH is 1. The van der Waals surface area contributed by atoms with Gasteiger partial charge >= 0.3 is 0 Å². The van der Waals surface area contributed by atoms with Gasteiger partial charge in [-0.1, -0.05) is 78.4 Å². The van der Waals surface area contributed by atoms with Crippen LogP contribution in [0.3, 0.4) is 0 Å². The predicted octanol–water partition coefficient (Wildman–Crippen LogP) is 3.49. The van der Waals surface area contributed by atoms with Crippen molar-refractivity contribution in [2.24, 2.45) is 0 Å². The zero-order valence-electron chi connectivity index (χ0n) is 19.7. The van der Waals surface area contributed by atoms with Crippen LogP contribution in [0.4, 0.5) is 0 Å². The van der Waals surface area contributed by atoms with Crippen molar-refractivity contribution in [3.63, 3.8) is 0 Å². The highest BCUT2D eigenvalue weighted by molar-refractivity contribution is 7.86. The molecule has 3 aromatic carbocycles. The van der Waals surface area contributed by atoms with Crippen molar-refractivity contribution in [3.05, 3.63) is 102 Å². The summed E-state index contributed by atoms with van der Waals surface area (Å²) < 4.78 is 55.6. The molecule has 1 N–H and O–H groups in total. The molecule has 190 valence electrons. The zero-order chi connectivity index (χ0) is 25.1. The zero-order valence-corrected chi connectivity index (χ0v) is 20.5. The molecule has 0 radical (unpaired) electrons. The molecule has 0 aromatic heterocycles. The normalized spacial score (nSPS) is 28.4. The van der Waals surface area contributed by atoms with Gasteiger partial charge in [0.05, 0.1) is 18.1 Å². The Morgan fingerprint density at radius 2 is 1.58 bits per heavy atom. The van der Waals surface area contributed by atoms with Gasteiger partial charge in [0, 0.05) is 5.56 Å². The maximum atomic E-state index is 13.1. The summed E-state index contributed by atoms with van der Waals surface area (Å²) in [5.74, 6) is 0. The van der Waals surface area contributed by atoms with E-state index in [4.69, 9.17) is 23.1 Å². The van der Waals surface area contributed by atoms with Gasteiger partial charge in [-0.2, -0.15) is 8.42 Å². The Labute approximate surface area is 210 Å². The minimum Gasteiger partial charge on any atom is -0.387 e. The van der Waals surface area contributed by atoms with Crippen LogP contribution in [0, 0.1) is 6.92 Å². The highest BCUT2D eigenvalue weighted by Crippen LogP contribution is 2.36. The number of hydrogen-bond donors (Lipinski definition) is 1. The number of benzene rings is 3. The first-order chi connectivity index (χ1) is 17.4. The lowest BCUT2D eigenvalue weighted by molar-refractivity contribution is -0.359. The molecule has 8 nitrogen and oxygen atoms in total. The number of aryl methyl sites for hydroxylation is 1. The quantitative estimate of drug-likeness (QED) is 0.481. The molecule has 0 aliphatic carbocycles. The summed E-state index contributed by atoms with van der Waals surface area (Å²) in [7, 11) is -4.24. The molecule has 0 bridgehead atoms. The van der Waals surface area contributed by atoms with E-state index >= 15 is 0 Å². The molecule has 0 unspecified atom stereocenters. The molecule has 3 aromatic rings. The van der Waals surface area contributed by atoms with Crippen molar-refractivity contribution >= 4 is 10.1 Å². The molecule has 0 saturated carbocycles. The lowest BCUT2D eigenvalue weighted by atomic mass is 9.98. The summed E-state index contributed by atoms with van der Waals surface area (Å²) in [4.78, 5) is -0.0284. The lowest BCUT2D eigenvalue weighted by Gasteiger charge is -2.47. The Balaban J connectivity index is 1.39. The Bertz CT molecular complexity index is 1230. The predicted molar refractivity (Wildman–Crippen MR) is 129 cm³/mol. The molecule has 2 heterocycles. The van der Waals surface area contributed by atoms with Crippen LogP contribution in [-0.4, -0.2) is 50.8 Å². The van der Waals surface area contributed by atoms with Crippen LogP contribution in [0.2, 0.25) is 0 Å². The van der Waals surface area contributed by atoms with Crippen molar-refractivity contribution in [2.75, 3.05) is 6.61 Å². The standard InChI is InChI=1S/C27H28O8S/c1-18-12-14-21(15-13-18)36(29,30)35-25-23(28)24-22(17-32-26(34-24)20-10-6-3-7-11-20)33-27(25)31-16-19-8-4-2-5-9-19/h2-15,22-28H,16-17H2,1H3/t22-,23+,24-,25-,26+,27+/m1/s1. The fraction of sp³-hybridized carbons (Fsp3) is 0.333. The third-order valence-electron chi connectivity index (χ3n) is 6.19. The SMILES string of the molecule is Cc1ccc(S(=O)(=O)O[C@H]2[C@@H](OCc3ccccc3)O[C@@H]3CO[C@H](c4ccccc4)O[C@H]3[C@@H]2O)cc1. The summed E-state index contributed by atoms with van der Waals surface area (Å²) in [5, 5.41) is 11.3. The molecule has 2 aliphatic rings. The summed E-state index contributed by atoms with van der Waals surface area (Å²) >= 11 is 0. The topological polar surface area (TPSA) is 101 Å². The summed E-state index contributed by atoms with van der Waals surface area (Å²) in [6.45, 7) is 2.12. The van der Waals surface area contributed by atoms with Gasteiger partial charge in [0.2, 0.25) is 0 Å². The van der Waals surface area contributed by atoms with E-state index in [-0.39, 0.29) is 18.1 Å². The first-order valence-corrected chi connectivity index (χ1v) is 13.1. The second kappa shape index (κ2) is 10.8. The molecule has 9 heteroatoms. The maximum absolute atomic E-state index is 13.1. The van der Waals surface area contributed by atoms with Gasteiger partial charge in [-0.15, -0.1) is 0 Å². The van der Waals surface area contributed by atoms with E-state index in [0.717, 1.165) is 16.7 Å². The third kappa shape index (κ3) is 5.52. The number of hydrogen-bond acceptors (Lipinski definition) is 8. The number of fused-ring (bicyclic) bond motifs is 1. The van der Waals surface area contributed by atoms with Crippen LogP contribution in [-0.2, 0) is 39.9 Å². The van der Waals surface area contributed by atoms with Crippen molar-refractivity contribution in [2.45, 2.75) is 55.4 Å². The van der Waals surface area contributed by atoms with Crippen LogP contribution in [0.25, 0.3) is 0 Å². The number of aliphatic hydroxyl groups is 1. The second-order valence-corrected chi connectivity index (χ2v) is 10.4. The fourth-order valence-corrected chi connectivity index (χ4v) is 5.32. The lowest BCUT2D eigenvalue weighted by Crippen LogP contribution is -2.63. The van der Waals surface area contributed by atoms with E-state index in [1.165, 1.54) is 12.1 Å². The van der Waals surface area contributed by atoms with Gasteiger partial charge in [0.15, 0.2) is 18.7 Å². The first kappa shape index (κ1) is 25.0. The van der Waals surface area contributed by atoms with Crippen molar-refractivity contribution < 1.29 is 36.7 Å². The van der Waals surface area contributed by atoms with Gasteiger partial charge < -0.3 is 24.1 Å². The summed E-state index contributed by atoms with van der Waals surface area (Å²) in [6.07, 6.45) is -6.21. The van der Waals surface area contributed by atoms with Crippen LogP contribution in [0.15, 0.2) is 89.8 Å². The van der Waals surface area contributed by atoms with E-state index in [1.54, 1.807) is 12.1 Å². The third-order valence-corrected chi connectivity index (χ3v) is 7.51. The van der Waals surface area contributed by atoms with Gasteiger partial charge in [0.1, 0.15) is 18.3 Å². The van der Waals surface area contributed by atoms with Crippen molar-refractivity contribution in [3.8, 4) is 0 Å². The average molecular weight is 513 g/mol. The highest BCUT2D eigenvalue weighted by atomic mass is 32.2. The Hall–Kier alpha value is -2.63. The maximum Gasteiger partial charge on any atom is 0.297 e. The van der Waals surface area contributed by atoms with Gasteiger partial charge in [-0.3, -0.25) is 4.18 Å². The van der Waals surface area contributed by atoms with E-state index in [2.05, 4.69) is 0 Å². The highest BCUT2D eigenvalue weighted by Gasteiger charge is 2.52. The summed E-state index contributed by atoms with van der Waals surface area (Å²) in [6, 6.07) is 24.9. The minimum absolute atomic E-state index is 0.0284. The molecule has 2 aliphatic heterocycles. The summed E-state index contributed by atoms with van der Waals surface area (Å²) in [5.41, 5.74) is 2.54. The van der Waals surface area contributed by atoms with Gasteiger partial charge in [-0.05, 0) is 24.6 Å². The molecule has 6 atom stereocenters. The fourth-order valence-electron chi connectivity index (χ4n) is 4.24. The van der Waals surface area contributed by atoms with Crippen molar-refractivity contribution in [1.29, 1.82) is 0 Å². The van der Waals surface area contributed by atoms with Crippen molar-refractivity contribution in [1.82, 2.24) is 0 Å². The molecule has 2 saturated heterocycles. The average Bonchev–Trinajstić information content (AvgIpc) is 2.90. The van der Waals surface area contributed by atoms with E-state index < -0.39 is 47.1 Å². The van der Waals surface area contributed by atoms with E-state index in [9.17, 15) is 13.5 Å². The second-order valence-electron chi connectivity index (χ2n) is 8.83. The van der Waals surface area contributed by atoms with E-state index in [0.29, 0.717) is 0 Å². The minimum atomic E-state index is -4.24. The molecule has 0 amide bonds. The Morgan fingerprint density at radius 3 is 2.28 bits per heavy atom. The first-order valence-electron chi connectivity index (χ1n) is 11.7. The molecule has 0 spiro atoms. The smallest absolute Gasteiger partial charge is 0.297 e. The number of ether oxygens (including phenoxy) is 4. The van der Waals surface area contributed by atoms with Gasteiger partial charge in [0.25, 0.3) is 10.1 Å². The van der Waals surface area contributed by atoms with Gasteiger partial charge in [-0.25, -0.2) is 0 Å². The van der Waals surface area contributed by atoms with E-state index in [1.807, 2.05) is 67.6 Å². The van der Waals surface area contributed by atoms with Crippen LogP contribution >= 0.6 is 0 Å².